The second-order valence-electron chi connectivity index (χ2n) is 9.31. The number of thioether (sulfide) groups is 1. The van der Waals surface area contributed by atoms with Gasteiger partial charge in [-0.1, -0.05) is 42.5 Å². The van der Waals surface area contributed by atoms with E-state index < -0.39 is 18.1 Å². The molecule has 2 saturated carbocycles. The van der Waals surface area contributed by atoms with Crippen LogP contribution in [0.3, 0.4) is 0 Å². The zero-order valence-electron chi connectivity index (χ0n) is 18.2. The molecule has 8 atom stereocenters. The van der Waals surface area contributed by atoms with Gasteiger partial charge in [-0.25, -0.2) is 4.79 Å². The predicted molar refractivity (Wildman–Crippen MR) is 120 cm³/mol. The van der Waals surface area contributed by atoms with Crippen molar-refractivity contribution in [2.45, 2.75) is 31.9 Å². The van der Waals surface area contributed by atoms with Crippen molar-refractivity contribution in [1.82, 2.24) is 4.90 Å². The van der Waals surface area contributed by atoms with Crippen LogP contribution in [0.2, 0.25) is 0 Å². The molecular weight excluding hydrogens is 426 g/mol. The van der Waals surface area contributed by atoms with Crippen molar-refractivity contribution in [2.24, 2.45) is 35.5 Å². The molecule has 168 valence electrons. The second-order valence-corrected chi connectivity index (χ2v) is 10.3. The largest absolute Gasteiger partial charge is 0.453 e. The first kappa shape index (κ1) is 21.4. The molecule has 3 fully saturated rings. The molecule has 6 rings (SSSR count). The number of ether oxygens (including phenoxy) is 1. The average molecular weight is 454 g/mol. The number of nitrogens with zero attached hydrogens (tertiary/aromatic N) is 1. The maximum Gasteiger partial charge on any atom is 0.330 e. The van der Waals surface area contributed by atoms with Crippen molar-refractivity contribution in [3.63, 3.8) is 0 Å². The Hall–Kier alpha value is -2.41. The quantitative estimate of drug-likeness (QED) is 0.261. The second kappa shape index (κ2) is 8.18. The fourth-order valence-electron chi connectivity index (χ4n) is 6.01. The Balaban J connectivity index is 1.36. The maximum absolute atomic E-state index is 13.4. The summed E-state index contributed by atoms with van der Waals surface area (Å²) < 4.78 is 5.53. The van der Waals surface area contributed by atoms with Gasteiger partial charge in [0.25, 0.3) is 0 Å². The highest BCUT2D eigenvalue weighted by molar-refractivity contribution is 7.98. The molecule has 32 heavy (non-hydrogen) atoms. The fourth-order valence-corrected chi connectivity index (χ4v) is 6.47. The number of Topliss-reactive ketones (excluding diaryl/α,β-unsaturated/α-hetero) is 1. The van der Waals surface area contributed by atoms with Crippen molar-refractivity contribution in [3.8, 4) is 0 Å². The first-order chi connectivity index (χ1) is 15.4. The average Bonchev–Trinajstić information content (AvgIpc) is 3.59. The first-order valence-electron chi connectivity index (χ1n) is 11.3. The molecular formula is C25H27NO5S. The summed E-state index contributed by atoms with van der Waals surface area (Å²) in [5.41, 5.74) is 0.453. The summed E-state index contributed by atoms with van der Waals surface area (Å²) in [5, 5.41) is 0. The van der Waals surface area contributed by atoms with E-state index in [0.717, 1.165) is 6.42 Å². The number of esters is 1. The molecule has 1 saturated heterocycles. The zero-order chi connectivity index (χ0) is 22.6. The molecule has 2 bridgehead atoms. The van der Waals surface area contributed by atoms with Crippen LogP contribution in [0.5, 0.6) is 0 Å². The van der Waals surface area contributed by atoms with Crippen LogP contribution >= 0.6 is 11.8 Å². The molecule has 0 radical (unpaired) electrons. The number of allylic oxidation sites excluding steroid dienone is 2. The van der Waals surface area contributed by atoms with Crippen LogP contribution < -0.4 is 0 Å². The SMILES string of the molecule is CSCC[C@H](C(=O)O[C@H](C)C(=O)c1ccccc1)N1C(=O)[C@@H]2[C@@H]3C=C[C@H]([C@H]4C[C@H]34)[C@@H]2C1=O. The van der Waals surface area contributed by atoms with E-state index in [9.17, 15) is 19.2 Å². The summed E-state index contributed by atoms with van der Waals surface area (Å²) >= 11 is 1.54. The number of carbonyl (C=O) groups is 4. The third-order valence-electron chi connectivity index (χ3n) is 7.60. The van der Waals surface area contributed by atoms with E-state index in [1.54, 1.807) is 36.0 Å². The minimum Gasteiger partial charge on any atom is -0.453 e. The molecule has 2 amide bonds. The van der Waals surface area contributed by atoms with Gasteiger partial charge in [-0.15, -0.1) is 0 Å². The van der Waals surface area contributed by atoms with Gasteiger partial charge < -0.3 is 4.74 Å². The fraction of sp³-hybridized carbons (Fsp3) is 0.520. The molecule has 1 aromatic rings. The Morgan fingerprint density at radius 3 is 2.22 bits per heavy atom. The lowest BCUT2D eigenvalue weighted by Gasteiger charge is -2.37. The van der Waals surface area contributed by atoms with E-state index in [2.05, 4.69) is 12.2 Å². The highest BCUT2D eigenvalue weighted by Gasteiger charge is 2.68. The monoisotopic (exact) mass is 453 g/mol. The van der Waals surface area contributed by atoms with Crippen molar-refractivity contribution >= 4 is 35.3 Å². The lowest BCUT2D eigenvalue weighted by atomic mass is 9.63. The normalized spacial score (nSPS) is 33.5. The predicted octanol–water partition coefficient (Wildman–Crippen LogP) is 2.98. The van der Waals surface area contributed by atoms with Crippen LogP contribution in [-0.2, 0) is 19.1 Å². The van der Waals surface area contributed by atoms with Crippen LogP contribution in [0.15, 0.2) is 42.5 Å². The summed E-state index contributed by atoms with van der Waals surface area (Å²) in [6.45, 7) is 1.53. The van der Waals surface area contributed by atoms with Crippen LogP contribution in [0.4, 0.5) is 0 Å². The van der Waals surface area contributed by atoms with E-state index in [1.807, 2.05) is 12.3 Å². The molecule has 0 aromatic heterocycles. The van der Waals surface area contributed by atoms with Gasteiger partial charge in [0.05, 0.1) is 11.8 Å². The van der Waals surface area contributed by atoms with Crippen molar-refractivity contribution in [1.29, 1.82) is 0 Å². The Morgan fingerprint density at radius 1 is 1.06 bits per heavy atom. The molecule has 1 aromatic carbocycles. The molecule has 1 heterocycles. The molecule has 7 heteroatoms. The standard InChI is InChI=1S/C25H27NO5S/c1-13(22(27)14-6-4-3-5-7-14)31-25(30)19(10-11-32-2)26-23(28)20-15-8-9-16(18-12-17(15)18)21(20)24(26)29/h3-9,13,15-21H,10-12H2,1-2H3/t13-,15-,16-,17-,18-,19-,20-,21+/m1/s1. The van der Waals surface area contributed by atoms with Crippen LogP contribution in [0, 0.1) is 35.5 Å². The summed E-state index contributed by atoms with van der Waals surface area (Å²) in [4.78, 5) is 53.9. The number of benzene rings is 1. The number of carbonyl (C=O) groups excluding carboxylic acids is 4. The molecule has 4 aliphatic carbocycles. The van der Waals surface area contributed by atoms with E-state index >= 15 is 0 Å². The van der Waals surface area contributed by atoms with Crippen molar-refractivity contribution in [2.75, 3.05) is 12.0 Å². The van der Waals surface area contributed by atoms with Crippen LogP contribution in [0.1, 0.15) is 30.1 Å². The summed E-state index contributed by atoms with van der Waals surface area (Å²) in [6, 6.07) is 7.66. The molecule has 1 aliphatic heterocycles. The minimum absolute atomic E-state index is 0.104. The third kappa shape index (κ3) is 3.33. The molecule has 0 spiro atoms. The summed E-state index contributed by atoms with van der Waals surface area (Å²) in [6.07, 6.45) is 6.55. The van der Waals surface area contributed by atoms with Gasteiger partial charge in [0.1, 0.15) is 6.04 Å². The number of amides is 2. The maximum atomic E-state index is 13.4. The highest BCUT2D eigenvalue weighted by Crippen LogP contribution is 2.65. The molecule has 0 unspecified atom stereocenters. The van der Waals surface area contributed by atoms with Gasteiger partial charge in [-0.3, -0.25) is 19.3 Å². The number of ketones is 1. The van der Waals surface area contributed by atoms with Crippen molar-refractivity contribution < 1.29 is 23.9 Å². The number of likely N-dealkylation sites (tertiary alicyclic amines) is 1. The van der Waals surface area contributed by atoms with Gasteiger partial charge in [0, 0.05) is 5.56 Å². The minimum atomic E-state index is -0.998. The number of rotatable bonds is 8. The smallest absolute Gasteiger partial charge is 0.330 e. The van der Waals surface area contributed by atoms with Gasteiger partial charge in [0.15, 0.2) is 6.10 Å². The zero-order valence-corrected chi connectivity index (χ0v) is 19.0. The Morgan fingerprint density at radius 2 is 1.66 bits per heavy atom. The lowest BCUT2D eigenvalue weighted by molar-refractivity contribution is -0.160. The van der Waals surface area contributed by atoms with Gasteiger partial charge in [0.2, 0.25) is 17.6 Å². The molecule has 0 N–H and O–H groups in total. The molecule has 6 nitrogen and oxygen atoms in total. The van der Waals surface area contributed by atoms with Gasteiger partial charge in [-0.05, 0) is 55.4 Å². The number of hydrogen-bond acceptors (Lipinski definition) is 6. The first-order valence-corrected chi connectivity index (χ1v) is 12.7. The summed E-state index contributed by atoms with van der Waals surface area (Å²) in [7, 11) is 0. The Bertz CT molecular complexity index is 955. The Labute approximate surface area is 191 Å². The Kier molecular flexibility index (Phi) is 5.48. The van der Waals surface area contributed by atoms with Crippen molar-refractivity contribution in [3.05, 3.63) is 48.0 Å². The van der Waals surface area contributed by atoms with E-state index in [4.69, 9.17) is 4.74 Å². The summed E-state index contributed by atoms with van der Waals surface area (Å²) in [5.74, 6) is -0.360. The van der Waals surface area contributed by atoms with E-state index in [0.29, 0.717) is 29.6 Å². The van der Waals surface area contributed by atoms with E-state index in [-0.39, 0.29) is 41.3 Å². The van der Waals surface area contributed by atoms with E-state index in [1.165, 1.54) is 11.8 Å². The highest BCUT2D eigenvalue weighted by atomic mass is 32.2. The topological polar surface area (TPSA) is 80.8 Å². The number of imide groups is 1. The van der Waals surface area contributed by atoms with Gasteiger partial charge >= 0.3 is 5.97 Å². The van der Waals surface area contributed by atoms with Crippen LogP contribution in [-0.4, -0.2) is 52.6 Å². The number of hydrogen-bond donors (Lipinski definition) is 0. The molecule has 5 aliphatic rings. The van der Waals surface area contributed by atoms with Crippen LogP contribution in [0.25, 0.3) is 0 Å². The third-order valence-corrected chi connectivity index (χ3v) is 8.24. The lowest BCUT2D eigenvalue weighted by Crippen LogP contribution is -2.48. The van der Waals surface area contributed by atoms with Gasteiger partial charge in [-0.2, -0.15) is 11.8 Å².